The van der Waals surface area contributed by atoms with Gasteiger partial charge in [-0.25, -0.2) is 0 Å². The summed E-state index contributed by atoms with van der Waals surface area (Å²) in [5.74, 6) is 1.84. The second-order valence-electron chi connectivity index (χ2n) is 6.70. The van der Waals surface area contributed by atoms with Gasteiger partial charge >= 0.3 is 0 Å². The van der Waals surface area contributed by atoms with Crippen molar-refractivity contribution in [3.05, 3.63) is 36.2 Å². The van der Waals surface area contributed by atoms with Crippen LogP contribution in [0.5, 0.6) is 0 Å². The molecule has 1 aromatic heterocycles. The van der Waals surface area contributed by atoms with Crippen LogP contribution in [-0.4, -0.2) is 53.1 Å². The maximum Gasteiger partial charge on any atom is 0.230 e. The van der Waals surface area contributed by atoms with Crippen LogP contribution < -0.4 is 10.6 Å². The van der Waals surface area contributed by atoms with Gasteiger partial charge in [-0.05, 0) is 25.6 Å². The highest BCUT2D eigenvalue weighted by Gasteiger charge is 2.22. The molecular formula is C19H29ClN6S. The third-order valence-corrected chi connectivity index (χ3v) is 5.85. The number of anilines is 2. The number of thioether (sulfide) groups is 1. The van der Waals surface area contributed by atoms with Crippen LogP contribution in [-0.2, 0) is 0 Å². The molecule has 0 bridgehead atoms. The SMILES string of the molecule is CCCCC(Sc1ccccc1)c1nc(N)nc(N2CCN(C)CC2)n1.Cl. The number of rotatable bonds is 7. The smallest absolute Gasteiger partial charge is 0.230 e. The molecule has 0 saturated carbocycles. The van der Waals surface area contributed by atoms with Crippen molar-refractivity contribution in [3.8, 4) is 0 Å². The number of nitrogens with zero attached hydrogens (tertiary/aromatic N) is 5. The van der Waals surface area contributed by atoms with E-state index in [1.807, 2.05) is 17.8 Å². The summed E-state index contributed by atoms with van der Waals surface area (Å²) >= 11 is 1.81. The van der Waals surface area contributed by atoms with Crippen molar-refractivity contribution in [1.29, 1.82) is 0 Å². The number of piperazine rings is 1. The molecule has 1 atom stereocenters. The fourth-order valence-electron chi connectivity index (χ4n) is 2.98. The van der Waals surface area contributed by atoms with Crippen LogP contribution in [0, 0.1) is 0 Å². The van der Waals surface area contributed by atoms with E-state index >= 15 is 0 Å². The molecule has 0 aliphatic carbocycles. The number of benzene rings is 1. The van der Waals surface area contributed by atoms with E-state index in [4.69, 9.17) is 10.7 Å². The van der Waals surface area contributed by atoms with Gasteiger partial charge in [-0.2, -0.15) is 15.0 Å². The maximum absolute atomic E-state index is 6.04. The van der Waals surface area contributed by atoms with E-state index in [1.165, 1.54) is 4.90 Å². The normalized spacial score (nSPS) is 16.0. The van der Waals surface area contributed by atoms with Gasteiger partial charge in [0.2, 0.25) is 11.9 Å². The van der Waals surface area contributed by atoms with Gasteiger partial charge in [-0.3, -0.25) is 0 Å². The molecule has 2 aromatic rings. The standard InChI is InChI=1S/C19H28N6S.ClH/c1-3-4-10-16(26-15-8-6-5-7-9-15)17-21-18(20)23-19(22-17)25-13-11-24(2)12-14-25;/h5-9,16H,3-4,10-14H2,1-2H3,(H2,20,21,22,23);1H. The summed E-state index contributed by atoms with van der Waals surface area (Å²) in [6.07, 6.45) is 3.32. The minimum absolute atomic E-state index is 0. The van der Waals surface area contributed by atoms with Crippen LogP contribution in [0.1, 0.15) is 37.3 Å². The molecule has 0 amide bonds. The molecule has 3 rings (SSSR count). The molecule has 148 valence electrons. The van der Waals surface area contributed by atoms with Crippen molar-refractivity contribution in [2.45, 2.75) is 36.3 Å². The van der Waals surface area contributed by atoms with E-state index in [9.17, 15) is 0 Å². The quantitative estimate of drug-likeness (QED) is 0.701. The molecule has 2 N–H and O–H groups in total. The first-order chi connectivity index (χ1) is 12.7. The topological polar surface area (TPSA) is 71.2 Å². The van der Waals surface area contributed by atoms with Crippen LogP contribution in [0.3, 0.4) is 0 Å². The Hall–Kier alpha value is -1.57. The summed E-state index contributed by atoms with van der Waals surface area (Å²) < 4.78 is 0. The molecule has 0 radical (unpaired) electrons. The lowest BCUT2D eigenvalue weighted by molar-refractivity contribution is 0.311. The Bertz CT molecular complexity index is 694. The first kappa shape index (κ1) is 21.7. The zero-order valence-corrected chi connectivity index (χ0v) is 17.7. The predicted octanol–water partition coefficient (Wildman–Crippen LogP) is 3.65. The summed E-state index contributed by atoms with van der Waals surface area (Å²) in [5, 5.41) is 0.189. The first-order valence-corrected chi connectivity index (χ1v) is 10.2. The van der Waals surface area contributed by atoms with Gasteiger partial charge < -0.3 is 15.5 Å². The van der Waals surface area contributed by atoms with Gasteiger partial charge in [0, 0.05) is 31.1 Å². The lowest BCUT2D eigenvalue weighted by Crippen LogP contribution is -2.45. The van der Waals surface area contributed by atoms with Crippen molar-refractivity contribution in [2.75, 3.05) is 43.9 Å². The number of hydrogen-bond acceptors (Lipinski definition) is 7. The Morgan fingerprint density at radius 2 is 1.78 bits per heavy atom. The number of aromatic nitrogens is 3. The Labute approximate surface area is 172 Å². The Morgan fingerprint density at radius 1 is 1.07 bits per heavy atom. The minimum atomic E-state index is 0. The molecule has 1 unspecified atom stereocenters. The molecular weight excluding hydrogens is 380 g/mol. The lowest BCUT2D eigenvalue weighted by Gasteiger charge is -2.32. The van der Waals surface area contributed by atoms with Crippen molar-refractivity contribution in [3.63, 3.8) is 0 Å². The zero-order chi connectivity index (χ0) is 18.4. The van der Waals surface area contributed by atoms with E-state index < -0.39 is 0 Å². The number of unbranched alkanes of at least 4 members (excludes halogenated alkanes) is 1. The van der Waals surface area contributed by atoms with Crippen molar-refractivity contribution < 1.29 is 0 Å². The molecule has 1 aliphatic heterocycles. The van der Waals surface area contributed by atoms with Gasteiger partial charge in [0.1, 0.15) is 5.82 Å². The zero-order valence-electron chi connectivity index (χ0n) is 16.0. The molecule has 1 fully saturated rings. The highest BCUT2D eigenvalue weighted by atomic mass is 35.5. The number of likely N-dealkylation sites (N-methyl/N-ethyl adjacent to an activating group) is 1. The van der Waals surface area contributed by atoms with Gasteiger partial charge in [0.05, 0.1) is 5.25 Å². The third-order valence-electron chi connectivity index (χ3n) is 4.57. The number of hydrogen-bond donors (Lipinski definition) is 1. The average Bonchev–Trinajstić information content (AvgIpc) is 2.66. The first-order valence-electron chi connectivity index (χ1n) is 9.32. The largest absolute Gasteiger partial charge is 0.368 e. The summed E-state index contributed by atoms with van der Waals surface area (Å²) in [4.78, 5) is 19.5. The second kappa shape index (κ2) is 10.7. The van der Waals surface area contributed by atoms with Crippen molar-refractivity contribution in [2.24, 2.45) is 0 Å². The van der Waals surface area contributed by atoms with E-state index in [1.54, 1.807) is 0 Å². The molecule has 8 heteroatoms. The highest BCUT2D eigenvalue weighted by Crippen LogP contribution is 2.37. The summed E-state index contributed by atoms with van der Waals surface area (Å²) in [5.41, 5.74) is 6.04. The maximum atomic E-state index is 6.04. The fraction of sp³-hybridized carbons (Fsp3) is 0.526. The summed E-state index contributed by atoms with van der Waals surface area (Å²) in [6, 6.07) is 10.4. The minimum Gasteiger partial charge on any atom is -0.368 e. The van der Waals surface area contributed by atoms with Gasteiger partial charge in [0.15, 0.2) is 0 Å². The Kier molecular flexibility index (Phi) is 8.60. The monoisotopic (exact) mass is 408 g/mol. The third kappa shape index (κ3) is 6.23. The lowest BCUT2D eigenvalue weighted by atomic mass is 10.2. The molecule has 6 nitrogen and oxygen atoms in total. The van der Waals surface area contributed by atoms with E-state index in [0.29, 0.717) is 5.95 Å². The van der Waals surface area contributed by atoms with Crippen molar-refractivity contribution >= 4 is 36.1 Å². The average molecular weight is 409 g/mol. The molecule has 1 aromatic carbocycles. The van der Waals surface area contributed by atoms with Gasteiger partial charge in [0.25, 0.3) is 0 Å². The van der Waals surface area contributed by atoms with E-state index in [-0.39, 0.29) is 17.7 Å². The molecule has 1 aliphatic rings. The molecule has 0 spiro atoms. The van der Waals surface area contributed by atoms with E-state index in [2.05, 4.69) is 58.0 Å². The number of nitrogen functional groups attached to an aromatic ring is 1. The molecule has 1 saturated heterocycles. The van der Waals surface area contributed by atoms with Crippen LogP contribution in [0.2, 0.25) is 0 Å². The Balaban J connectivity index is 0.00000261. The Morgan fingerprint density at radius 3 is 2.44 bits per heavy atom. The van der Waals surface area contributed by atoms with Crippen LogP contribution in [0.4, 0.5) is 11.9 Å². The van der Waals surface area contributed by atoms with Crippen LogP contribution >= 0.6 is 24.2 Å². The van der Waals surface area contributed by atoms with Crippen LogP contribution in [0.25, 0.3) is 0 Å². The molecule has 27 heavy (non-hydrogen) atoms. The predicted molar refractivity (Wildman–Crippen MR) is 116 cm³/mol. The van der Waals surface area contributed by atoms with Crippen LogP contribution in [0.15, 0.2) is 35.2 Å². The van der Waals surface area contributed by atoms with Gasteiger partial charge in [-0.15, -0.1) is 24.2 Å². The highest BCUT2D eigenvalue weighted by molar-refractivity contribution is 7.99. The summed E-state index contributed by atoms with van der Waals surface area (Å²) in [6.45, 7) is 6.08. The van der Waals surface area contributed by atoms with E-state index in [0.717, 1.165) is 57.2 Å². The van der Waals surface area contributed by atoms with Crippen molar-refractivity contribution in [1.82, 2.24) is 19.9 Å². The fourth-order valence-corrected chi connectivity index (χ4v) is 4.12. The molecule has 2 heterocycles. The number of nitrogens with two attached hydrogens (primary N) is 1. The summed E-state index contributed by atoms with van der Waals surface area (Å²) in [7, 11) is 2.14. The second-order valence-corrected chi connectivity index (χ2v) is 7.98. The van der Waals surface area contributed by atoms with Gasteiger partial charge in [-0.1, -0.05) is 38.0 Å². The number of halogens is 1.